The third-order valence-corrected chi connectivity index (χ3v) is 4.25. The molecule has 0 aromatic carbocycles. The quantitative estimate of drug-likeness (QED) is 0.717. The van der Waals surface area contributed by atoms with E-state index < -0.39 is 0 Å². The average molecular weight is 256 g/mol. The standard InChI is InChI=1S/C14H28N2O2/c1-3-7-15-13-10-18-9-11(13)8-16-12-5-4-6-14(12)17-2/h11-16H,3-10H2,1-2H3. The Morgan fingerprint density at radius 2 is 2.06 bits per heavy atom. The molecule has 1 heterocycles. The van der Waals surface area contributed by atoms with E-state index in [1.807, 2.05) is 7.11 Å². The first-order valence-corrected chi connectivity index (χ1v) is 7.42. The van der Waals surface area contributed by atoms with Gasteiger partial charge >= 0.3 is 0 Å². The van der Waals surface area contributed by atoms with Crippen LogP contribution in [0.5, 0.6) is 0 Å². The zero-order valence-corrected chi connectivity index (χ0v) is 11.8. The fraction of sp³-hybridized carbons (Fsp3) is 1.00. The number of rotatable bonds is 7. The van der Waals surface area contributed by atoms with Crippen LogP contribution in [-0.2, 0) is 9.47 Å². The summed E-state index contributed by atoms with van der Waals surface area (Å²) < 4.78 is 11.1. The lowest BCUT2D eigenvalue weighted by molar-refractivity contribution is 0.0831. The Balaban J connectivity index is 1.71. The molecular weight excluding hydrogens is 228 g/mol. The second-order valence-electron chi connectivity index (χ2n) is 5.58. The first kappa shape index (κ1) is 14.3. The summed E-state index contributed by atoms with van der Waals surface area (Å²) in [6, 6.07) is 1.07. The Morgan fingerprint density at radius 1 is 1.17 bits per heavy atom. The van der Waals surface area contributed by atoms with Crippen molar-refractivity contribution in [2.24, 2.45) is 5.92 Å². The third kappa shape index (κ3) is 3.67. The van der Waals surface area contributed by atoms with E-state index in [4.69, 9.17) is 9.47 Å². The maximum Gasteiger partial charge on any atom is 0.0724 e. The van der Waals surface area contributed by atoms with Crippen molar-refractivity contribution in [1.29, 1.82) is 0 Å². The van der Waals surface area contributed by atoms with Gasteiger partial charge < -0.3 is 20.1 Å². The van der Waals surface area contributed by atoms with Crippen molar-refractivity contribution in [3.05, 3.63) is 0 Å². The van der Waals surface area contributed by atoms with Gasteiger partial charge in [-0.3, -0.25) is 0 Å². The monoisotopic (exact) mass is 256 g/mol. The third-order valence-electron chi connectivity index (χ3n) is 4.25. The minimum Gasteiger partial charge on any atom is -0.380 e. The molecule has 0 amide bonds. The molecule has 4 atom stereocenters. The number of methoxy groups -OCH3 is 1. The van der Waals surface area contributed by atoms with Crippen LogP contribution in [0.25, 0.3) is 0 Å². The minimum atomic E-state index is 0.411. The molecule has 4 nitrogen and oxygen atoms in total. The van der Waals surface area contributed by atoms with Crippen LogP contribution in [0.4, 0.5) is 0 Å². The second-order valence-corrected chi connectivity index (χ2v) is 5.58. The van der Waals surface area contributed by atoms with Crippen LogP contribution < -0.4 is 10.6 Å². The smallest absolute Gasteiger partial charge is 0.0724 e. The van der Waals surface area contributed by atoms with Gasteiger partial charge in [-0.25, -0.2) is 0 Å². The van der Waals surface area contributed by atoms with Gasteiger partial charge in [0, 0.05) is 31.7 Å². The zero-order valence-electron chi connectivity index (χ0n) is 11.8. The number of hydrogen-bond donors (Lipinski definition) is 2. The average Bonchev–Trinajstić information content (AvgIpc) is 3.02. The highest BCUT2D eigenvalue weighted by atomic mass is 16.5. The lowest BCUT2D eigenvalue weighted by Gasteiger charge is -2.24. The van der Waals surface area contributed by atoms with Crippen molar-refractivity contribution in [3.63, 3.8) is 0 Å². The van der Waals surface area contributed by atoms with E-state index in [9.17, 15) is 0 Å². The molecule has 0 radical (unpaired) electrons. The van der Waals surface area contributed by atoms with Crippen molar-refractivity contribution < 1.29 is 9.47 Å². The van der Waals surface area contributed by atoms with Gasteiger partial charge in [0.1, 0.15) is 0 Å². The first-order chi connectivity index (χ1) is 8.85. The molecule has 1 saturated heterocycles. The summed E-state index contributed by atoms with van der Waals surface area (Å²) in [6.45, 7) is 6.10. The van der Waals surface area contributed by atoms with Crippen LogP contribution in [0, 0.1) is 5.92 Å². The van der Waals surface area contributed by atoms with Crippen molar-refractivity contribution in [2.45, 2.75) is 50.8 Å². The largest absolute Gasteiger partial charge is 0.380 e. The zero-order chi connectivity index (χ0) is 12.8. The van der Waals surface area contributed by atoms with E-state index in [0.717, 1.165) is 26.3 Å². The molecule has 106 valence electrons. The van der Waals surface area contributed by atoms with Gasteiger partial charge in [-0.2, -0.15) is 0 Å². The van der Waals surface area contributed by atoms with E-state index >= 15 is 0 Å². The number of hydrogen-bond acceptors (Lipinski definition) is 4. The van der Waals surface area contributed by atoms with Crippen molar-refractivity contribution >= 4 is 0 Å². The van der Waals surface area contributed by atoms with Crippen molar-refractivity contribution in [3.8, 4) is 0 Å². The van der Waals surface area contributed by atoms with Crippen LogP contribution in [0.15, 0.2) is 0 Å². The molecule has 0 bridgehead atoms. The molecule has 4 unspecified atom stereocenters. The topological polar surface area (TPSA) is 42.5 Å². The van der Waals surface area contributed by atoms with Crippen molar-refractivity contribution in [1.82, 2.24) is 10.6 Å². The summed E-state index contributed by atoms with van der Waals surface area (Å²) in [6.07, 6.45) is 5.33. The highest BCUT2D eigenvalue weighted by molar-refractivity contribution is 4.88. The minimum absolute atomic E-state index is 0.411. The second kappa shape index (κ2) is 7.43. The molecular formula is C14H28N2O2. The molecule has 1 aliphatic heterocycles. The summed E-state index contributed by atoms with van der Waals surface area (Å²) in [5.41, 5.74) is 0. The molecule has 2 N–H and O–H groups in total. The van der Waals surface area contributed by atoms with Gasteiger partial charge in [-0.05, 0) is 32.2 Å². The van der Waals surface area contributed by atoms with Crippen LogP contribution in [0.2, 0.25) is 0 Å². The Hall–Kier alpha value is -0.160. The Morgan fingerprint density at radius 3 is 2.83 bits per heavy atom. The summed E-state index contributed by atoms with van der Waals surface area (Å²) >= 11 is 0. The molecule has 1 aliphatic carbocycles. The maximum absolute atomic E-state index is 5.60. The molecule has 0 aromatic rings. The Labute approximate surface area is 111 Å². The van der Waals surface area contributed by atoms with Crippen LogP contribution in [-0.4, -0.2) is 51.6 Å². The highest BCUT2D eigenvalue weighted by Gasteiger charge is 2.31. The molecule has 18 heavy (non-hydrogen) atoms. The van der Waals surface area contributed by atoms with Crippen LogP contribution in [0.1, 0.15) is 32.6 Å². The predicted molar refractivity (Wildman–Crippen MR) is 72.8 cm³/mol. The van der Waals surface area contributed by atoms with Gasteiger partial charge in [0.05, 0.1) is 19.3 Å². The number of nitrogens with one attached hydrogen (secondary N) is 2. The fourth-order valence-electron chi connectivity index (χ4n) is 3.10. The normalized spacial score (nSPS) is 36.3. The van der Waals surface area contributed by atoms with Gasteiger partial charge in [0.15, 0.2) is 0 Å². The maximum atomic E-state index is 5.60. The molecule has 0 spiro atoms. The Kier molecular flexibility index (Phi) is 5.89. The fourth-order valence-corrected chi connectivity index (χ4v) is 3.10. The highest BCUT2D eigenvalue weighted by Crippen LogP contribution is 2.22. The first-order valence-electron chi connectivity index (χ1n) is 7.42. The predicted octanol–water partition coefficient (Wildman–Crippen LogP) is 1.16. The summed E-state index contributed by atoms with van der Waals surface area (Å²) in [5, 5.41) is 7.27. The Bertz CT molecular complexity index is 238. The van der Waals surface area contributed by atoms with E-state index in [0.29, 0.717) is 24.1 Å². The molecule has 1 saturated carbocycles. The van der Waals surface area contributed by atoms with Crippen LogP contribution in [0.3, 0.4) is 0 Å². The lowest BCUT2D eigenvalue weighted by Crippen LogP contribution is -2.45. The summed E-state index contributed by atoms with van der Waals surface area (Å²) in [7, 11) is 1.83. The molecule has 0 aromatic heterocycles. The van der Waals surface area contributed by atoms with Crippen molar-refractivity contribution in [2.75, 3.05) is 33.4 Å². The van der Waals surface area contributed by atoms with Gasteiger partial charge in [-0.1, -0.05) is 6.92 Å². The molecule has 2 aliphatic rings. The SMILES string of the molecule is CCCNC1COCC1CNC1CCCC1OC. The van der Waals surface area contributed by atoms with E-state index in [2.05, 4.69) is 17.6 Å². The van der Waals surface area contributed by atoms with E-state index in [1.165, 1.54) is 25.7 Å². The molecule has 2 fully saturated rings. The summed E-state index contributed by atoms with van der Waals surface area (Å²) in [5.74, 6) is 0.606. The van der Waals surface area contributed by atoms with E-state index in [1.54, 1.807) is 0 Å². The van der Waals surface area contributed by atoms with Gasteiger partial charge in [0.25, 0.3) is 0 Å². The van der Waals surface area contributed by atoms with Gasteiger partial charge in [-0.15, -0.1) is 0 Å². The van der Waals surface area contributed by atoms with Gasteiger partial charge in [0.2, 0.25) is 0 Å². The van der Waals surface area contributed by atoms with Crippen LogP contribution >= 0.6 is 0 Å². The molecule has 4 heteroatoms. The summed E-state index contributed by atoms with van der Waals surface area (Å²) in [4.78, 5) is 0. The number of ether oxygens (including phenoxy) is 2. The lowest BCUT2D eigenvalue weighted by atomic mass is 10.0. The molecule has 2 rings (SSSR count). The van der Waals surface area contributed by atoms with E-state index in [-0.39, 0.29) is 0 Å².